The fraction of sp³-hybridized carbons (Fsp3) is 0.143. The van der Waals surface area contributed by atoms with Crippen LogP contribution >= 0.6 is 11.8 Å². The van der Waals surface area contributed by atoms with Crippen molar-refractivity contribution in [2.75, 3.05) is 5.32 Å². The van der Waals surface area contributed by atoms with Gasteiger partial charge in [-0.3, -0.25) is 10.1 Å². The molecule has 1 unspecified atom stereocenters. The number of rotatable bonds is 2. The summed E-state index contributed by atoms with van der Waals surface area (Å²) in [6.45, 7) is 2.08. The van der Waals surface area contributed by atoms with Crippen molar-refractivity contribution in [3.05, 3.63) is 64.2 Å². The first-order chi connectivity index (χ1) is 9.08. The summed E-state index contributed by atoms with van der Waals surface area (Å²) in [5, 5.41) is 14.1. The van der Waals surface area contributed by atoms with Gasteiger partial charge in [0.25, 0.3) is 5.69 Å². The zero-order valence-corrected chi connectivity index (χ0v) is 11.1. The molecular weight excluding hydrogens is 260 g/mol. The molecule has 0 amide bonds. The van der Waals surface area contributed by atoms with Crippen LogP contribution in [0.25, 0.3) is 0 Å². The minimum absolute atomic E-state index is 0.118. The summed E-state index contributed by atoms with van der Waals surface area (Å²) >= 11 is 1.72. The number of thioether (sulfide) groups is 1. The van der Waals surface area contributed by atoms with Crippen LogP contribution in [-0.4, -0.2) is 4.92 Å². The highest BCUT2D eigenvalue weighted by atomic mass is 32.2. The number of anilines is 1. The largest absolute Gasteiger partial charge is 0.366 e. The predicted molar refractivity (Wildman–Crippen MR) is 76.4 cm³/mol. The molecule has 0 saturated heterocycles. The van der Waals surface area contributed by atoms with E-state index >= 15 is 0 Å². The van der Waals surface area contributed by atoms with Gasteiger partial charge in [-0.2, -0.15) is 0 Å². The molecule has 0 radical (unpaired) electrons. The van der Waals surface area contributed by atoms with E-state index in [0.29, 0.717) is 0 Å². The molecule has 3 rings (SSSR count). The summed E-state index contributed by atoms with van der Waals surface area (Å²) < 4.78 is 0. The Morgan fingerprint density at radius 1 is 1.16 bits per heavy atom. The van der Waals surface area contributed by atoms with Gasteiger partial charge in [0.1, 0.15) is 4.87 Å². The van der Waals surface area contributed by atoms with Crippen LogP contribution in [0.3, 0.4) is 0 Å². The van der Waals surface area contributed by atoms with Crippen molar-refractivity contribution in [3.63, 3.8) is 0 Å². The lowest BCUT2D eigenvalue weighted by Crippen LogP contribution is -2.23. The van der Waals surface area contributed by atoms with Gasteiger partial charge >= 0.3 is 0 Å². The van der Waals surface area contributed by atoms with E-state index in [4.69, 9.17) is 0 Å². The van der Waals surface area contributed by atoms with E-state index in [-0.39, 0.29) is 15.5 Å². The second-order valence-electron chi connectivity index (χ2n) is 4.56. The zero-order valence-electron chi connectivity index (χ0n) is 10.3. The van der Waals surface area contributed by atoms with Crippen molar-refractivity contribution in [2.24, 2.45) is 0 Å². The Bertz CT molecular complexity index is 615. The Labute approximate surface area is 115 Å². The lowest BCUT2D eigenvalue weighted by atomic mass is 10.1. The van der Waals surface area contributed by atoms with Crippen molar-refractivity contribution in [1.82, 2.24) is 0 Å². The summed E-state index contributed by atoms with van der Waals surface area (Å²) in [7, 11) is 0. The Morgan fingerprint density at radius 2 is 1.84 bits per heavy atom. The van der Waals surface area contributed by atoms with E-state index in [1.54, 1.807) is 23.9 Å². The van der Waals surface area contributed by atoms with E-state index in [9.17, 15) is 10.1 Å². The monoisotopic (exact) mass is 272 g/mol. The van der Waals surface area contributed by atoms with Crippen molar-refractivity contribution < 1.29 is 4.92 Å². The fourth-order valence-electron chi connectivity index (χ4n) is 2.19. The molecule has 0 spiro atoms. The molecule has 0 saturated carbocycles. The van der Waals surface area contributed by atoms with Gasteiger partial charge in [0, 0.05) is 22.7 Å². The average Bonchev–Trinajstić information content (AvgIpc) is 2.76. The lowest BCUT2D eigenvalue weighted by Gasteiger charge is -2.24. The number of hydrogen-bond donors (Lipinski definition) is 1. The SMILES string of the molecule is CC1(c2ccc([N+](=O)[O-])cc2)Nc2ccccc2S1. The van der Waals surface area contributed by atoms with Gasteiger partial charge in [0.05, 0.1) is 4.92 Å². The number of nitro groups is 1. The third-order valence-corrected chi connectivity index (χ3v) is 4.53. The van der Waals surface area contributed by atoms with E-state index in [2.05, 4.69) is 18.3 Å². The minimum atomic E-state index is -0.379. The highest BCUT2D eigenvalue weighted by Gasteiger charge is 2.34. The van der Waals surface area contributed by atoms with Gasteiger partial charge in [-0.1, -0.05) is 23.9 Å². The van der Waals surface area contributed by atoms with Crippen LogP contribution in [0.1, 0.15) is 12.5 Å². The number of hydrogen-bond acceptors (Lipinski definition) is 4. The molecule has 0 bridgehead atoms. The first-order valence-electron chi connectivity index (χ1n) is 5.90. The molecule has 1 aliphatic rings. The Kier molecular flexibility index (Phi) is 2.71. The molecule has 1 aliphatic heterocycles. The topological polar surface area (TPSA) is 55.2 Å². The minimum Gasteiger partial charge on any atom is -0.366 e. The molecule has 4 nitrogen and oxygen atoms in total. The maximum Gasteiger partial charge on any atom is 0.269 e. The summed E-state index contributed by atoms with van der Waals surface area (Å²) in [4.78, 5) is 11.2. The quantitative estimate of drug-likeness (QED) is 0.663. The fourth-order valence-corrected chi connectivity index (χ4v) is 3.42. The number of benzene rings is 2. The summed E-state index contributed by atoms with van der Waals surface area (Å²) in [5.74, 6) is 0. The van der Waals surface area contributed by atoms with Crippen LogP contribution in [0, 0.1) is 10.1 Å². The Balaban J connectivity index is 1.93. The van der Waals surface area contributed by atoms with Gasteiger partial charge in [0.15, 0.2) is 0 Å². The van der Waals surface area contributed by atoms with Crippen molar-refractivity contribution in [3.8, 4) is 0 Å². The summed E-state index contributed by atoms with van der Waals surface area (Å²) in [6, 6.07) is 14.8. The molecule has 96 valence electrons. The van der Waals surface area contributed by atoms with Gasteiger partial charge in [-0.15, -0.1) is 0 Å². The van der Waals surface area contributed by atoms with E-state index in [1.807, 2.05) is 30.3 Å². The van der Waals surface area contributed by atoms with E-state index in [0.717, 1.165) is 11.3 Å². The van der Waals surface area contributed by atoms with Crippen LogP contribution in [-0.2, 0) is 4.87 Å². The van der Waals surface area contributed by atoms with Gasteiger partial charge in [-0.25, -0.2) is 0 Å². The van der Waals surface area contributed by atoms with Crippen LogP contribution in [0.15, 0.2) is 53.4 Å². The van der Waals surface area contributed by atoms with Gasteiger partial charge in [-0.05, 0) is 36.8 Å². The number of non-ortho nitro benzene ring substituents is 1. The molecule has 19 heavy (non-hydrogen) atoms. The van der Waals surface area contributed by atoms with Crippen molar-refractivity contribution in [2.45, 2.75) is 16.7 Å². The molecule has 1 N–H and O–H groups in total. The summed E-state index contributed by atoms with van der Waals surface area (Å²) in [6.07, 6.45) is 0. The highest BCUT2D eigenvalue weighted by Crippen LogP contribution is 2.50. The maximum absolute atomic E-state index is 10.7. The predicted octanol–water partition coefficient (Wildman–Crippen LogP) is 3.99. The second-order valence-corrected chi connectivity index (χ2v) is 6.02. The molecule has 2 aromatic rings. The summed E-state index contributed by atoms with van der Waals surface area (Å²) in [5.41, 5.74) is 2.25. The second kappa shape index (κ2) is 4.28. The average molecular weight is 272 g/mol. The number of nitrogens with zero attached hydrogens (tertiary/aromatic N) is 1. The maximum atomic E-state index is 10.7. The molecule has 2 aromatic carbocycles. The molecule has 0 aromatic heterocycles. The first-order valence-corrected chi connectivity index (χ1v) is 6.71. The van der Waals surface area contributed by atoms with Gasteiger partial charge in [0.2, 0.25) is 0 Å². The number of nitrogens with one attached hydrogen (secondary N) is 1. The molecule has 1 heterocycles. The van der Waals surface area contributed by atoms with Crippen LogP contribution in [0.5, 0.6) is 0 Å². The van der Waals surface area contributed by atoms with Gasteiger partial charge < -0.3 is 5.32 Å². The normalized spacial score (nSPS) is 20.7. The standard InChI is InChI=1S/C14H12N2O2S/c1-14(10-6-8-11(9-7-10)16(17)18)15-12-4-2-3-5-13(12)19-14/h2-9,15H,1H3. The molecule has 1 atom stereocenters. The van der Waals surface area contributed by atoms with Crippen LogP contribution in [0.4, 0.5) is 11.4 Å². The molecule has 5 heteroatoms. The molecule has 0 aliphatic carbocycles. The Morgan fingerprint density at radius 3 is 2.47 bits per heavy atom. The van der Waals surface area contributed by atoms with Crippen molar-refractivity contribution in [1.29, 1.82) is 0 Å². The first kappa shape index (κ1) is 12.0. The lowest BCUT2D eigenvalue weighted by molar-refractivity contribution is -0.384. The number of para-hydroxylation sites is 1. The van der Waals surface area contributed by atoms with E-state index in [1.165, 1.54) is 4.90 Å². The third-order valence-electron chi connectivity index (χ3n) is 3.20. The smallest absolute Gasteiger partial charge is 0.269 e. The Hall–Kier alpha value is -2.01. The highest BCUT2D eigenvalue weighted by molar-refractivity contribution is 8.00. The van der Waals surface area contributed by atoms with Crippen LogP contribution in [0.2, 0.25) is 0 Å². The van der Waals surface area contributed by atoms with E-state index < -0.39 is 0 Å². The molecular formula is C14H12N2O2S. The zero-order chi connectivity index (χ0) is 13.5. The number of fused-ring (bicyclic) bond motifs is 1. The van der Waals surface area contributed by atoms with Crippen LogP contribution < -0.4 is 5.32 Å². The van der Waals surface area contributed by atoms with Crippen molar-refractivity contribution >= 4 is 23.1 Å². The third kappa shape index (κ3) is 2.06. The molecule has 0 fully saturated rings. The number of nitro benzene ring substituents is 1.